The Hall–Kier alpha value is -5.12. The molecule has 374 valence electrons. The van der Waals surface area contributed by atoms with Crippen LogP contribution in [0.3, 0.4) is 0 Å². The fraction of sp³-hybridized carbons (Fsp3) is 0.400. The molecule has 0 amide bonds. The Balaban J connectivity index is 1.04. The third kappa shape index (κ3) is 14.7. The number of methoxy groups -OCH3 is 1. The van der Waals surface area contributed by atoms with Crippen LogP contribution in [-0.4, -0.2) is 87.8 Å². The quantitative estimate of drug-likeness (QED) is 0.0519. The second-order valence-electron chi connectivity index (χ2n) is 18.6. The van der Waals surface area contributed by atoms with Gasteiger partial charge in [0, 0.05) is 7.11 Å². The van der Waals surface area contributed by atoms with Crippen molar-refractivity contribution < 1.29 is 52.1 Å². The van der Waals surface area contributed by atoms with Gasteiger partial charge in [-0.25, -0.2) is 0 Å². The average molecular weight is 965 g/mol. The molecule has 71 heavy (non-hydrogen) atoms. The Labute approximate surface area is 419 Å². The smallest absolute Gasteiger partial charge is 0.187 e. The minimum Gasteiger partial charge on any atom is -0.374 e. The molecule has 0 bridgehead atoms. The lowest BCUT2D eigenvalue weighted by atomic mass is 9.96. The molecule has 2 aliphatic heterocycles. The first-order chi connectivity index (χ1) is 35.1. The summed E-state index contributed by atoms with van der Waals surface area (Å²) in [7, 11) is 1.62. The largest absolute Gasteiger partial charge is 0.374 e. The van der Waals surface area contributed by atoms with Crippen molar-refractivity contribution in [2.75, 3.05) is 20.3 Å². The van der Waals surface area contributed by atoms with E-state index < -0.39 is 61.4 Å². The van der Waals surface area contributed by atoms with Gasteiger partial charge in [0.25, 0.3) is 0 Å². The number of rotatable bonds is 26. The van der Waals surface area contributed by atoms with Crippen LogP contribution in [0.1, 0.15) is 53.1 Å². The van der Waals surface area contributed by atoms with Crippen LogP contribution in [-0.2, 0) is 91.7 Å². The molecule has 3 aliphatic rings. The van der Waals surface area contributed by atoms with E-state index in [0.29, 0.717) is 45.6 Å². The Kier molecular flexibility index (Phi) is 19.0. The lowest BCUT2D eigenvalue weighted by Crippen LogP contribution is -2.64. The third-order valence-corrected chi connectivity index (χ3v) is 13.3. The summed E-state index contributed by atoms with van der Waals surface area (Å²) in [5.74, 6) is 0.413. The summed E-state index contributed by atoms with van der Waals surface area (Å²) in [6.07, 6.45) is -4.98. The van der Waals surface area contributed by atoms with Crippen molar-refractivity contribution in [2.45, 2.75) is 127 Å². The van der Waals surface area contributed by atoms with Crippen molar-refractivity contribution in [3.63, 3.8) is 0 Å². The lowest BCUT2D eigenvalue weighted by Gasteiger charge is -2.48. The maximum absolute atomic E-state index is 7.11. The van der Waals surface area contributed by atoms with Gasteiger partial charge >= 0.3 is 0 Å². The molecule has 2 heterocycles. The number of benzene rings is 6. The first-order valence-corrected chi connectivity index (χ1v) is 25.1. The molecule has 1 aliphatic carbocycles. The number of hydrogen-bond acceptors (Lipinski definition) is 11. The first-order valence-electron chi connectivity index (χ1n) is 25.1. The summed E-state index contributed by atoms with van der Waals surface area (Å²) >= 11 is 0. The van der Waals surface area contributed by atoms with Crippen LogP contribution in [0.25, 0.3) is 0 Å². The fourth-order valence-corrected chi connectivity index (χ4v) is 9.27. The fourth-order valence-electron chi connectivity index (χ4n) is 9.27. The van der Waals surface area contributed by atoms with E-state index in [1.807, 2.05) is 158 Å². The second kappa shape index (κ2) is 26.5. The molecule has 1 saturated carbocycles. The lowest BCUT2D eigenvalue weighted by molar-refractivity contribution is -0.353. The van der Waals surface area contributed by atoms with E-state index >= 15 is 0 Å². The van der Waals surface area contributed by atoms with Crippen molar-refractivity contribution in [3.05, 3.63) is 215 Å². The zero-order chi connectivity index (χ0) is 48.5. The van der Waals surface area contributed by atoms with E-state index in [2.05, 4.69) is 31.2 Å². The van der Waals surface area contributed by atoms with Crippen molar-refractivity contribution in [1.82, 2.24) is 0 Å². The SMILES string of the molecule is CO[C@H]1O[C@H](CO[C@@H]2O[C@H](COCc3ccccc3)[C@@H](OCc3ccccc3)[C@H](OCc3ccccc3)[C@H]2OC(C)C2CC2)[C@@H](OCc2ccccc2)[C@H](OCc2ccccc2)[C@@H]1OCc1ccccc1. The Morgan fingerprint density at radius 1 is 0.380 bits per heavy atom. The molecular formula is C60H68O11. The summed E-state index contributed by atoms with van der Waals surface area (Å²) in [6, 6.07) is 60.6. The predicted molar refractivity (Wildman–Crippen MR) is 269 cm³/mol. The first kappa shape index (κ1) is 50.8. The maximum Gasteiger partial charge on any atom is 0.187 e. The Bertz CT molecular complexity index is 2380. The molecule has 6 aromatic rings. The minimum atomic E-state index is -0.936. The molecular weight excluding hydrogens is 897 g/mol. The summed E-state index contributed by atoms with van der Waals surface area (Å²) in [5.41, 5.74) is 6.12. The van der Waals surface area contributed by atoms with Crippen LogP contribution in [0.2, 0.25) is 0 Å². The zero-order valence-corrected chi connectivity index (χ0v) is 40.8. The monoisotopic (exact) mass is 964 g/mol. The maximum atomic E-state index is 7.11. The molecule has 11 heteroatoms. The van der Waals surface area contributed by atoms with Crippen LogP contribution < -0.4 is 0 Å². The highest BCUT2D eigenvalue weighted by molar-refractivity contribution is 5.18. The number of hydrogen-bond donors (Lipinski definition) is 0. The highest BCUT2D eigenvalue weighted by atomic mass is 16.8. The highest BCUT2D eigenvalue weighted by Gasteiger charge is 2.53. The van der Waals surface area contributed by atoms with Crippen molar-refractivity contribution >= 4 is 0 Å². The molecule has 0 aromatic heterocycles. The summed E-state index contributed by atoms with van der Waals surface area (Å²) in [4.78, 5) is 0. The van der Waals surface area contributed by atoms with Crippen LogP contribution in [0.5, 0.6) is 0 Å². The summed E-state index contributed by atoms with van der Waals surface area (Å²) in [5, 5.41) is 0. The summed E-state index contributed by atoms with van der Waals surface area (Å²) < 4.78 is 75.4. The molecule has 11 atom stereocenters. The predicted octanol–water partition coefficient (Wildman–Crippen LogP) is 10.4. The van der Waals surface area contributed by atoms with Gasteiger partial charge in [-0.1, -0.05) is 182 Å². The van der Waals surface area contributed by atoms with Gasteiger partial charge in [-0.05, 0) is 59.1 Å². The molecule has 9 rings (SSSR count). The van der Waals surface area contributed by atoms with Gasteiger partial charge in [0.05, 0.1) is 59.0 Å². The van der Waals surface area contributed by atoms with E-state index in [1.54, 1.807) is 7.11 Å². The van der Waals surface area contributed by atoms with Crippen LogP contribution in [0, 0.1) is 5.92 Å². The van der Waals surface area contributed by atoms with E-state index in [4.69, 9.17) is 52.1 Å². The molecule has 3 fully saturated rings. The molecule has 0 spiro atoms. The average Bonchev–Trinajstić information content (AvgIpc) is 4.29. The van der Waals surface area contributed by atoms with Crippen LogP contribution in [0.15, 0.2) is 182 Å². The van der Waals surface area contributed by atoms with E-state index in [9.17, 15) is 0 Å². The van der Waals surface area contributed by atoms with E-state index in [0.717, 1.165) is 46.2 Å². The third-order valence-electron chi connectivity index (χ3n) is 13.3. The normalized spacial score (nSPS) is 25.9. The number of ether oxygens (including phenoxy) is 11. The van der Waals surface area contributed by atoms with Crippen molar-refractivity contribution in [2.24, 2.45) is 5.92 Å². The molecule has 1 unspecified atom stereocenters. The van der Waals surface area contributed by atoms with Gasteiger partial charge in [0.2, 0.25) is 0 Å². The van der Waals surface area contributed by atoms with Gasteiger partial charge in [0.1, 0.15) is 48.8 Å². The van der Waals surface area contributed by atoms with Gasteiger partial charge < -0.3 is 52.1 Å². The van der Waals surface area contributed by atoms with Crippen molar-refractivity contribution in [1.29, 1.82) is 0 Å². The highest BCUT2D eigenvalue weighted by Crippen LogP contribution is 2.39. The van der Waals surface area contributed by atoms with E-state index in [-0.39, 0.29) is 19.3 Å². The Morgan fingerprint density at radius 2 is 0.718 bits per heavy atom. The van der Waals surface area contributed by atoms with Crippen molar-refractivity contribution in [3.8, 4) is 0 Å². The Morgan fingerprint density at radius 3 is 1.11 bits per heavy atom. The van der Waals surface area contributed by atoms with Crippen LogP contribution in [0.4, 0.5) is 0 Å². The van der Waals surface area contributed by atoms with Gasteiger partial charge in [-0.3, -0.25) is 0 Å². The van der Waals surface area contributed by atoms with Gasteiger partial charge in [-0.15, -0.1) is 0 Å². The van der Waals surface area contributed by atoms with Gasteiger partial charge in [-0.2, -0.15) is 0 Å². The molecule has 6 aromatic carbocycles. The van der Waals surface area contributed by atoms with Gasteiger partial charge in [0.15, 0.2) is 12.6 Å². The molecule has 0 N–H and O–H groups in total. The standard InChI is InChI=1S/C60H68O11/c1-43(50-33-34-50)69-58-56(66-39-48-29-17-7-18-30-48)53(63-36-45-23-11-4-12-24-45)51(41-62-35-44-21-9-3-10-22-44)71-60(58)68-42-52-54(64-37-46-25-13-5-14-26-46)55(65-38-47-27-15-6-16-28-47)57(59(61-2)70-52)67-40-49-31-19-8-20-32-49/h3-32,43,50-60H,33-42H2,1-2H3/t43?,51-,52-,53-,54-,55+,56+,57+,58-,59+,60-/m1/s1. The van der Waals surface area contributed by atoms with E-state index in [1.165, 1.54) is 0 Å². The second-order valence-corrected chi connectivity index (χ2v) is 18.6. The zero-order valence-electron chi connectivity index (χ0n) is 40.8. The molecule has 2 saturated heterocycles. The molecule has 0 radical (unpaired) electrons. The molecule has 11 nitrogen and oxygen atoms in total. The minimum absolute atomic E-state index is 0.0246. The summed E-state index contributed by atoms with van der Waals surface area (Å²) in [6.45, 7) is 4.31. The van der Waals surface area contributed by atoms with Crippen LogP contribution >= 0.6 is 0 Å². The topological polar surface area (TPSA) is 102 Å².